The first kappa shape index (κ1) is 13.4. The third-order valence-corrected chi connectivity index (χ3v) is 3.43. The summed E-state index contributed by atoms with van der Waals surface area (Å²) < 4.78 is 21.6. The zero-order chi connectivity index (χ0) is 13.7. The summed E-state index contributed by atoms with van der Waals surface area (Å²) in [7, 11) is 3.23. The van der Waals surface area contributed by atoms with Crippen LogP contribution in [0.4, 0.5) is 0 Å². The van der Waals surface area contributed by atoms with Gasteiger partial charge in [-0.05, 0) is 59.7 Å². The maximum Gasteiger partial charge on any atom is 0.118 e. The van der Waals surface area contributed by atoms with E-state index < -0.39 is 0 Å². The minimum atomic E-state index is 0.488. The number of hydrogen-bond donors (Lipinski definition) is 0. The summed E-state index contributed by atoms with van der Waals surface area (Å²) in [5.74, 6) is 1.54. The highest BCUT2D eigenvalue weighted by molar-refractivity contribution is 7.67. The third-order valence-electron chi connectivity index (χ3n) is 2.79. The standard InChI is InChI=1S/C15H14O3S/c1-17-13-7-3-11(4-8-13)15(19-16)12-5-9-14(18-2)10-6-12/h3-10H,1-2H3. The quantitative estimate of drug-likeness (QED) is 0.635. The first-order valence-electron chi connectivity index (χ1n) is 5.74. The molecule has 0 aliphatic rings. The number of ether oxygens (including phenoxy) is 2. The lowest BCUT2D eigenvalue weighted by molar-refractivity contribution is 0.414. The van der Waals surface area contributed by atoms with Gasteiger partial charge < -0.3 is 9.47 Å². The molecule has 3 nitrogen and oxygen atoms in total. The average molecular weight is 274 g/mol. The van der Waals surface area contributed by atoms with E-state index in [2.05, 4.69) is 0 Å². The Balaban J connectivity index is 2.35. The molecule has 0 saturated heterocycles. The highest BCUT2D eigenvalue weighted by Gasteiger charge is 2.07. The molecule has 0 bridgehead atoms. The molecule has 0 aliphatic carbocycles. The highest BCUT2D eigenvalue weighted by Crippen LogP contribution is 2.17. The van der Waals surface area contributed by atoms with Gasteiger partial charge in [0.05, 0.1) is 30.3 Å². The predicted octanol–water partition coefficient (Wildman–Crippen LogP) is 2.49. The van der Waals surface area contributed by atoms with Crippen LogP contribution in [0, 0.1) is 0 Å². The van der Waals surface area contributed by atoms with E-state index in [1.807, 2.05) is 48.5 Å². The van der Waals surface area contributed by atoms with Crippen molar-refractivity contribution in [1.82, 2.24) is 0 Å². The number of hydrogen-bond acceptors (Lipinski definition) is 3. The second kappa shape index (κ2) is 6.20. The van der Waals surface area contributed by atoms with E-state index in [0.29, 0.717) is 16.1 Å². The third kappa shape index (κ3) is 3.03. The fraction of sp³-hybridized carbons (Fsp3) is 0.133. The van der Waals surface area contributed by atoms with Crippen LogP contribution in [0.25, 0.3) is 0 Å². The molecular formula is C15H14O3S. The van der Waals surface area contributed by atoms with Gasteiger partial charge in [-0.3, -0.25) is 0 Å². The van der Waals surface area contributed by atoms with Crippen molar-refractivity contribution in [2.45, 2.75) is 0 Å². The van der Waals surface area contributed by atoms with Crippen molar-refractivity contribution in [3.05, 3.63) is 59.7 Å². The monoisotopic (exact) mass is 274 g/mol. The second-order valence-corrected chi connectivity index (χ2v) is 4.44. The summed E-state index contributed by atoms with van der Waals surface area (Å²) in [5, 5.41) is 0. The molecule has 0 fully saturated rings. The Hall–Kier alpha value is -2.07. The zero-order valence-electron chi connectivity index (χ0n) is 10.8. The molecule has 0 N–H and O–H groups in total. The van der Waals surface area contributed by atoms with E-state index >= 15 is 0 Å². The molecule has 98 valence electrons. The van der Waals surface area contributed by atoms with Gasteiger partial charge in [-0.25, -0.2) is 4.21 Å². The van der Waals surface area contributed by atoms with Crippen molar-refractivity contribution in [2.75, 3.05) is 14.2 Å². The van der Waals surface area contributed by atoms with Crippen molar-refractivity contribution in [3.8, 4) is 11.5 Å². The van der Waals surface area contributed by atoms with Crippen LogP contribution in [0.2, 0.25) is 0 Å². The molecular weight excluding hydrogens is 260 g/mol. The molecule has 0 radical (unpaired) electrons. The first-order chi connectivity index (χ1) is 9.28. The van der Waals surface area contributed by atoms with E-state index in [1.54, 1.807) is 14.2 Å². The van der Waals surface area contributed by atoms with Gasteiger partial charge in [-0.15, -0.1) is 0 Å². The lowest BCUT2D eigenvalue weighted by Gasteiger charge is -2.06. The average Bonchev–Trinajstić information content (AvgIpc) is 2.49. The Morgan fingerprint density at radius 2 is 1.16 bits per heavy atom. The summed E-state index contributed by atoms with van der Waals surface area (Å²) in [6.07, 6.45) is 0. The molecule has 4 heteroatoms. The van der Waals surface area contributed by atoms with Gasteiger partial charge in [-0.1, -0.05) is 0 Å². The molecule has 0 spiro atoms. The van der Waals surface area contributed by atoms with E-state index in [9.17, 15) is 4.21 Å². The minimum absolute atomic E-state index is 0.488. The Morgan fingerprint density at radius 1 is 0.789 bits per heavy atom. The van der Waals surface area contributed by atoms with E-state index in [4.69, 9.17) is 9.47 Å². The van der Waals surface area contributed by atoms with Crippen molar-refractivity contribution in [2.24, 2.45) is 0 Å². The fourth-order valence-electron chi connectivity index (χ4n) is 1.75. The summed E-state index contributed by atoms with van der Waals surface area (Å²) >= 11 is 0.488. The number of methoxy groups -OCH3 is 2. The maximum atomic E-state index is 11.4. The van der Waals surface area contributed by atoms with E-state index in [-0.39, 0.29) is 0 Å². The van der Waals surface area contributed by atoms with Gasteiger partial charge in [-0.2, -0.15) is 0 Å². The van der Waals surface area contributed by atoms with Crippen LogP contribution in [0.3, 0.4) is 0 Å². The Kier molecular flexibility index (Phi) is 4.36. The van der Waals surface area contributed by atoms with Gasteiger partial charge in [0.25, 0.3) is 0 Å². The van der Waals surface area contributed by atoms with Crippen LogP contribution < -0.4 is 9.47 Å². The topological polar surface area (TPSA) is 35.5 Å². The van der Waals surface area contributed by atoms with Gasteiger partial charge in [0.15, 0.2) is 0 Å². The lowest BCUT2D eigenvalue weighted by atomic mass is 10.0. The molecule has 2 rings (SSSR count). The summed E-state index contributed by atoms with van der Waals surface area (Å²) in [6, 6.07) is 14.9. The van der Waals surface area contributed by atoms with E-state index in [0.717, 1.165) is 22.6 Å². The van der Waals surface area contributed by atoms with Crippen LogP contribution >= 0.6 is 0 Å². The predicted molar refractivity (Wildman–Crippen MR) is 77.3 cm³/mol. The van der Waals surface area contributed by atoms with Crippen molar-refractivity contribution in [1.29, 1.82) is 0 Å². The number of rotatable bonds is 4. The van der Waals surface area contributed by atoms with Gasteiger partial charge >= 0.3 is 0 Å². The van der Waals surface area contributed by atoms with Crippen molar-refractivity contribution >= 4 is 16.1 Å². The van der Waals surface area contributed by atoms with Gasteiger partial charge in [0.1, 0.15) is 11.5 Å². The molecule has 0 saturated carbocycles. The fourth-order valence-corrected chi connectivity index (χ4v) is 2.21. The van der Waals surface area contributed by atoms with Gasteiger partial charge in [0.2, 0.25) is 0 Å². The molecule has 0 amide bonds. The molecule has 0 atom stereocenters. The normalized spacial score (nSPS) is 9.79. The summed E-state index contributed by atoms with van der Waals surface area (Å²) in [5.41, 5.74) is 1.76. The molecule has 19 heavy (non-hydrogen) atoms. The molecule has 2 aromatic carbocycles. The Morgan fingerprint density at radius 3 is 1.42 bits per heavy atom. The molecule has 0 aliphatic heterocycles. The van der Waals surface area contributed by atoms with E-state index in [1.165, 1.54) is 0 Å². The zero-order valence-corrected chi connectivity index (χ0v) is 11.6. The van der Waals surface area contributed by atoms with Crippen LogP contribution in [0.5, 0.6) is 11.5 Å². The minimum Gasteiger partial charge on any atom is -0.497 e. The molecule has 0 aromatic heterocycles. The molecule has 2 aromatic rings. The molecule has 0 unspecified atom stereocenters. The lowest BCUT2D eigenvalue weighted by Crippen LogP contribution is -2.02. The smallest absolute Gasteiger partial charge is 0.118 e. The second-order valence-electron chi connectivity index (χ2n) is 3.87. The Bertz CT molecular complexity index is 547. The van der Waals surface area contributed by atoms with Crippen LogP contribution in [0.1, 0.15) is 11.1 Å². The van der Waals surface area contributed by atoms with Crippen molar-refractivity contribution < 1.29 is 13.7 Å². The van der Waals surface area contributed by atoms with Crippen LogP contribution in [-0.2, 0) is 11.3 Å². The first-order valence-corrected chi connectivity index (χ1v) is 6.48. The summed E-state index contributed by atoms with van der Waals surface area (Å²) in [6.45, 7) is 0. The van der Waals surface area contributed by atoms with Gasteiger partial charge in [0, 0.05) is 0 Å². The number of benzene rings is 2. The largest absolute Gasteiger partial charge is 0.497 e. The maximum absolute atomic E-state index is 11.4. The van der Waals surface area contributed by atoms with Crippen LogP contribution in [0.15, 0.2) is 48.5 Å². The highest BCUT2D eigenvalue weighted by atomic mass is 32.1. The van der Waals surface area contributed by atoms with Crippen molar-refractivity contribution in [3.63, 3.8) is 0 Å². The SMILES string of the molecule is COc1ccc(C(=S=O)c2ccc(OC)cc2)cc1. The Labute approximate surface area is 115 Å². The molecule has 0 heterocycles. The van der Waals surface area contributed by atoms with Crippen LogP contribution in [-0.4, -0.2) is 23.3 Å². The summed E-state index contributed by atoms with van der Waals surface area (Å²) in [4.78, 5) is 0.685.